The summed E-state index contributed by atoms with van der Waals surface area (Å²) in [6, 6.07) is 18.1. The molecular weight excluding hydrogens is 505 g/mol. The van der Waals surface area contributed by atoms with Crippen LogP contribution in [-0.4, -0.2) is 17.7 Å². The molecule has 0 bridgehead atoms. The number of nitrogens with zero attached hydrogens (tertiary/aromatic N) is 1. The molecule has 0 saturated carbocycles. The van der Waals surface area contributed by atoms with Crippen LogP contribution in [0.2, 0.25) is 0 Å². The highest BCUT2D eigenvalue weighted by Crippen LogP contribution is 2.38. The molecule has 1 aliphatic heterocycles. The number of carbonyl (C=O) groups is 3. The smallest absolute Gasteiger partial charge is 0.256 e. The molecule has 3 aromatic rings. The molecule has 0 aliphatic carbocycles. The lowest BCUT2D eigenvalue weighted by Gasteiger charge is -2.24. The molecule has 31 heavy (non-hydrogen) atoms. The van der Waals surface area contributed by atoms with Gasteiger partial charge in [-0.05, 0) is 90.0 Å². The third-order valence-corrected chi connectivity index (χ3v) is 6.22. The second-order valence-electron chi connectivity index (χ2n) is 7.34. The Morgan fingerprint density at radius 2 is 1.71 bits per heavy atom. The minimum Gasteiger partial charge on any atom is -0.324 e. The molecule has 0 aromatic heterocycles. The van der Waals surface area contributed by atoms with Gasteiger partial charge in [-0.2, -0.15) is 0 Å². The normalized spacial score (nSPS) is 13.3. The number of carbonyl (C=O) groups excluding carboxylic acids is 3. The van der Waals surface area contributed by atoms with Crippen LogP contribution in [0.25, 0.3) is 0 Å². The number of halogens is 1. The van der Waals surface area contributed by atoms with Gasteiger partial charge in [-0.15, -0.1) is 0 Å². The van der Waals surface area contributed by atoms with Crippen molar-refractivity contribution in [2.24, 2.45) is 0 Å². The van der Waals surface area contributed by atoms with Crippen molar-refractivity contribution in [3.8, 4) is 0 Å². The van der Waals surface area contributed by atoms with E-state index in [1.165, 1.54) is 0 Å². The summed E-state index contributed by atoms with van der Waals surface area (Å²) in [5.41, 5.74) is 5.07. The predicted octanol–water partition coefficient (Wildman–Crippen LogP) is 5.17. The number of nitrogens with one attached hydrogen (secondary N) is 2. The zero-order valence-corrected chi connectivity index (χ0v) is 19.2. The molecule has 3 aromatic carbocycles. The highest BCUT2D eigenvalue weighted by molar-refractivity contribution is 14.1. The summed E-state index contributed by atoms with van der Waals surface area (Å²) >= 11 is 2.13. The Labute approximate surface area is 193 Å². The molecule has 2 N–H and O–H groups in total. The number of anilines is 4. The number of fused-ring (bicyclic) bond motifs is 1. The van der Waals surface area contributed by atoms with E-state index in [0.717, 1.165) is 14.7 Å². The zero-order chi connectivity index (χ0) is 22.1. The third kappa shape index (κ3) is 4.18. The minimum atomic E-state index is -0.330. The van der Waals surface area contributed by atoms with E-state index in [1.807, 2.05) is 44.2 Å². The first-order valence-corrected chi connectivity index (χ1v) is 10.8. The molecule has 0 radical (unpaired) electrons. The molecule has 1 aliphatic rings. The zero-order valence-electron chi connectivity index (χ0n) is 17.0. The van der Waals surface area contributed by atoms with Crippen molar-refractivity contribution in [3.05, 3.63) is 80.9 Å². The second-order valence-corrected chi connectivity index (χ2v) is 8.50. The van der Waals surface area contributed by atoms with E-state index in [2.05, 4.69) is 33.2 Å². The lowest BCUT2D eigenvalue weighted by Crippen LogP contribution is -2.26. The van der Waals surface area contributed by atoms with Gasteiger partial charge in [0.2, 0.25) is 11.8 Å². The molecule has 0 spiro atoms. The van der Waals surface area contributed by atoms with Gasteiger partial charge in [0, 0.05) is 14.9 Å². The third-order valence-electron chi connectivity index (χ3n) is 5.28. The average Bonchev–Trinajstić information content (AvgIpc) is 2.87. The van der Waals surface area contributed by atoms with Gasteiger partial charge in [-0.1, -0.05) is 18.2 Å². The van der Waals surface area contributed by atoms with Crippen molar-refractivity contribution in [2.45, 2.75) is 20.3 Å². The fraction of sp³-hybridized carbons (Fsp3) is 0.125. The number of aryl methyl sites for hydroxylation is 1. The lowest BCUT2D eigenvalue weighted by molar-refractivity contribution is -0.124. The van der Waals surface area contributed by atoms with Gasteiger partial charge in [0.25, 0.3) is 5.91 Å². The summed E-state index contributed by atoms with van der Waals surface area (Å²) in [7, 11) is 0. The van der Waals surface area contributed by atoms with Crippen molar-refractivity contribution in [3.63, 3.8) is 0 Å². The summed E-state index contributed by atoms with van der Waals surface area (Å²) in [6.07, 6.45) is -0.238. The number of benzene rings is 3. The van der Waals surface area contributed by atoms with E-state index in [-0.39, 0.29) is 24.1 Å². The molecule has 156 valence electrons. The van der Waals surface area contributed by atoms with Gasteiger partial charge in [0.15, 0.2) is 0 Å². The number of hydrogen-bond acceptors (Lipinski definition) is 3. The average molecular weight is 525 g/mol. The fourth-order valence-electron chi connectivity index (χ4n) is 3.50. The summed E-state index contributed by atoms with van der Waals surface area (Å²) in [6.45, 7) is 3.89. The van der Waals surface area contributed by atoms with Gasteiger partial charge < -0.3 is 10.6 Å². The lowest BCUT2D eigenvalue weighted by atomic mass is 10.1. The Morgan fingerprint density at radius 3 is 2.42 bits per heavy atom. The first-order chi connectivity index (χ1) is 14.8. The highest BCUT2D eigenvalue weighted by Gasteiger charge is 2.28. The van der Waals surface area contributed by atoms with E-state index >= 15 is 0 Å². The van der Waals surface area contributed by atoms with Crippen molar-refractivity contribution in [1.29, 1.82) is 0 Å². The van der Waals surface area contributed by atoms with Gasteiger partial charge >= 0.3 is 0 Å². The van der Waals surface area contributed by atoms with E-state index in [4.69, 9.17) is 0 Å². The van der Waals surface area contributed by atoms with Gasteiger partial charge in [-0.25, -0.2) is 0 Å². The number of amides is 3. The first kappa shape index (κ1) is 21.0. The van der Waals surface area contributed by atoms with Crippen LogP contribution in [0.3, 0.4) is 0 Å². The van der Waals surface area contributed by atoms with Gasteiger partial charge in [0.05, 0.1) is 16.9 Å². The molecule has 4 rings (SSSR count). The molecule has 6 nitrogen and oxygen atoms in total. The molecule has 7 heteroatoms. The van der Waals surface area contributed by atoms with E-state index in [1.54, 1.807) is 35.2 Å². The Hall–Kier alpha value is -3.20. The fourth-order valence-corrected chi connectivity index (χ4v) is 4.13. The maximum Gasteiger partial charge on any atom is 0.256 e. The summed E-state index contributed by atoms with van der Waals surface area (Å²) in [4.78, 5) is 39.2. The SMILES string of the molecule is Cc1ccc2c(c1C)NC(=O)CC(=O)N2c1ccc(NC(=O)c2ccccc2I)cc1. The quantitative estimate of drug-likeness (QED) is 0.366. The molecule has 0 atom stereocenters. The Bertz CT molecular complexity index is 1210. The van der Waals surface area contributed by atoms with Gasteiger partial charge in [-0.3, -0.25) is 19.3 Å². The van der Waals surface area contributed by atoms with Crippen LogP contribution in [0.5, 0.6) is 0 Å². The Morgan fingerprint density at radius 1 is 1.00 bits per heavy atom. The van der Waals surface area contributed by atoms with Crippen LogP contribution in [0.1, 0.15) is 27.9 Å². The highest BCUT2D eigenvalue weighted by atomic mass is 127. The van der Waals surface area contributed by atoms with E-state index < -0.39 is 0 Å². The van der Waals surface area contributed by atoms with Crippen molar-refractivity contribution < 1.29 is 14.4 Å². The molecule has 1 heterocycles. The van der Waals surface area contributed by atoms with Crippen molar-refractivity contribution in [1.82, 2.24) is 0 Å². The summed E-state index contributed by atoms with van der Waals surface area (Å²) in [5, 5.41) is 5.75. The maximum atomic E-state index is 12.9. The van der Waals surface area contributed by atoms with Gasteiger partial charge in [0.1, 0.15) is 6.42 Å². The van der Waals surface area contributed by atoms with Crippen LogP contribution in [0.15, 0.2) is 60.7 Å². The van der Waals surface area contributed by atoms with Crippen LogP contribution >= 0.6 is 22.6 Å². The minimum absolute atomic E-state index is 0.199. The summed E-state index contributed by atoms with van der Waals surface area (Å²) in [5.74, 6) is -0.839. The standard InChI is InChI=1S/C24H20IN3O3/c1-14-7-12-20-23(15(14)2)27-21(29)13-22(30)28(20)17-10-8-16(9-11-17)26-24(31)18-5-3-4-6-19(18)25/h3-12H,13H2,1-2H3,(H,26,31)(H,27,29). The Balaban J connectivity index is 1.65. The topological polar surface area (TPSA) is 78.5 Å². The van der Waals surface area contributed by atoms with Crippen LogP contribution in [0, 0.1) is 17.4 Å². The second kappa shape index (κ2) is 8.50. The monoisotopic (exact) mass is 525 g/mol. The summed E-state index contributed by atoms with van der Waals surface area (Å²) < 4.78 is 0.865. The molecule has 0 fully saturated rings. The van der Waals surface area contributed by atoms with Crippen LogP contribution in [0.4, 0.5) is 22.7 Å². The molecule has 0 saturated heterocycles. The maximum absolute atomic E-state index is 12.9. The first-order valence-electron chi connectivity index (χ1n) is 9.74. The van der Waals surface area contributed by atoms with E-state index in [0.29, 0.717) is 28.3 Å². The van der Waals surface area contributed by atoms with Crippen LogP contribution in [-0.2, 0) is 9.59 Å². The van der Waals surface area contributed by atoms with Crippen LogP contribution < -0.4 is 15.5 Å². The number of rotatable bonds is 3. The largest absolute Gasteiger partial charge is 0.324 e. The number of hydrogen-bond donors (Lipinski definition) is 2. The predicted molar refractivity (Wildman–Crippen MR) is 130 cm³/mol. The Kier molecular flexibility index (Phi) is 5.77. The molecule has 3 amide bonds. The molecular formula is C24H20IN3O3. The molecule has 0 unspecified atom stereocenters. The van der Waals surface area contributed by atoms with Crippen molar-refractivity contribution in [2.75, 3.05) is 15.5 Å². The van der Waals surface area contributed by atoms with Crippen molar-refractivity contribution >= 4 is 63.1 Å². The van der Waals surface area contributed by atoms with E-state index in [9.17, 15) is 14.4 Å².